The smallest absolute Gasteiger partial charge is 0.253 e. The molecule has 4 heteroatoms. The maximum atomic E-state index is 12.4. The fraction of sp³-hybridized carbons (Fsp3) is 0.500. The Hall–Kier alpha value is -0.620. The first-order valence-corrected chi connectivity index (χ1v) is 7.50. The lowest BCUT2D eigenvalue weighted by Crippen LogP contribution is -2.37. The Balaban J connectivity index is 2.05. The summed E-state index contributed by atoms with van der Waals surface area (Å²) in [6.07, 6.45) is 3.29. The number of amides is 1. The Kier molecular flexibility index (Phi) is 5.00. The van der Waals surface area contributed by atoms with E-state index in [1.807, 2.05) is 36.2 Å². The van der Waals surface area contributed by atoms with Gasteiger partial charge in [0.2, 0.25) is 0 Å². The van der Waals surface area contributed by atoms with E-state index in [-0.39, 0.29) is 5.91 Å². The lowest BCUT2D eigenvalue weighted by Gasteiger charge is -2.27. The Labute approximate surface area is 122 Å². The zero-order valence-electron chi connectivity index (χ0n) is 10.7. The van der Waals surface area contributed by atoms with Crippen LogP contribution in [0.5, 0.6) is 0 Å². The van der Waals surface area contributed by atoms with Crippen LogP contribution in [0.15, 0.2) is 24.3 Å². The van der Waals surface area contributed by atoms with Crippen LogP contribution in [0.2, 0.25) is 0 Å². The predicted octanol–water partition coefficient (Wildman–Crippen LogP) is 2.51. The second-order valence-electron chi connectivity index (χ2n) is 4.76. The van der Waals surface area contributed by atoms with Gasteiger partial charge in [-0.2, -0.15) is 0 Å². The van der Waals surface area contributed by atoms with Gasteiger partial charge >= 0.3 is 0 Å². The minimum absolute atomic E-state index is 0.137. The Bertz CT molecular complexity index is 397. The van der Waals surface area contributed by atoms with Crippen LogP contribution in [0.1, 0.15) is 29.6 Å². The lowest BCUT2D eigenvalue weighted by atomic mass is 10.1. The summed E-state index contributed by atoms with van der Waals surface area (Å²) >= 11 is 2.25. The van der Waals surface area contributed by atoms with Crippen molar-refractivity contribution in [2.45, 2.75) is 25.3 Å². The first-order chi connectivity index (χ1) is 8.68. The van der Waals surface area contributed by atoms with Gasteiger partial charge in [0.05, 0.1) is 0 Å². The van der Waals surface area contributed by atoms with Gasteiger partial charge in [0, 0.05) is 22.2 Å². The Morgan fingerprint density at radius 1 is 1.28 bits per heavy atom. The monoisotopic (exact) mass is 358 g/mol. The molecule has 1 aliphatic heterocycles. The van der Waals surface area contributed by atoms with Crippen LogP contribution in [0.4, 0.5) is 0 Å². The molecule has 1 saturated heterocycles. The molecule has 1 atom stereocenters. The molecule has 0 spiro atoms. The molecule has 0 saturated carbocycles. The van der Waals surface area contributed by atoms with E-state index < -0.39 is 0 Å². The van der Waals surface area contributed by atoms with Gasteiger partial charge in [0.25, 0.3) is 5.91 Å². The zero-order valence-corrected chi connectivity index (χ0v) is 12.8. The third-order valence-corrected chi connectivity index (χ3v) is 4.22. The second kappa shape index (κ2) is 6.52. The Morgan fingerprint density at radius 3 is 2.72 bits per heavy atom. The molecule has 2 rings (SSSR count). The van der Waals surface area contributed by atoms with E-state index in [1.165, 1.54) is 0 Å². The summed E-state index contributed by atoms with van der Waals surface area (Å²) in [6, 6.07) is 8.16. The number of carbonyl (C=O) groups is 1. The first-order valence-electron chi connectivity index (χ1n) is 6.42. The minimum Gasteiger partial charge on any atom is -0.339 e. The molecule has 98 valence electrons. The van der Waals surface area contributed by atoms with Gasteiger partial charge in [-0.25, -0.2) is 0 Å². The van der Waals surface area contributed by atoms with Crippen LogP contribution in [-0.4, -0.2) is 37.0 Å². The highest BCUT2D eigenvalue weighted by atomic mass is 127. The third kappa shape index (κ3) is 3.45. The van der Waals surface area contributed by atoms with Crippen LogP contribution in [0.25, 0.3) is 0 Å². The molecule has 0 aromatic heterocycles. The average Bonchev–Trinajstić information content (AvgIpc) is 2.67. The number of benzene rings is 1. The van der Waals surface area contributed by atoms with Crippen molar-refractivity contribution < 1.29 is 4.79 Å². The van der Waals surface area contributed by atoms with E-state index in [9.17, 15) is 4.79 Å². The molecule has 1 unspecified atom stereocenters. The maximum Gasteiger partial charge on any atom is 0.253 e. The van der Waals surface area contributed by atoms with Crippen molar-refractivity contribution in [1.82, 2.24) is 10.2 Å². The summed E-state index contributed by atoms with van der Waals surface area (Å²) in [6.45, 7) is 2.08. The fourth-order valence-corrected chi connectivity index (χ4v) is 2.71. The molecule has 1 fully saturated rings. The summed E-state index contributed by atoms with van der Waals surface area (Å²) in [4.78, 5) is 14.3. The van der Waals surface area contributed by atoms with E-state index in [0.29, 0.717) is 6.04 Å². The number of hydrogen-bond acceptors (Lipinski definition) is 2. The summed E-state index contributed by atoms with van der Waals surface area (Å²) in [5, 5.41) is 3.38. The van der Waals surface area contributed by atoms with Gasteiger partial charge in [-0.15, -0.1) is 0 Å². The quantitative estimate of drug-likeness (QED) is 0.824. The predicted molar refractivity (Wildman–Crippen MR) is 81.8 cm³/mol. The lowest BCUT2D eigenvalue weighted by molar-refractivity contribution is 0.0720. The van der Waals surface area contributed by atoms with E-state index in [4.69, 9.17) is 0 Å². The standard InChI is InChI=1S/C14H19IN2O/c1-17(13-3-2-9-16-10-8-13)14(18)11-4-6-12(15)7-5-11/h4-7,13,16H,2-3,8-10H2,1H3. The van der Waals surface area contributed by atoms with Crippen molar-refractivity contribution in [3.63, 3.8) is 0 Å². The fourth-order valence-electron chi connectivity index (χ4n) is 2.35. The number of nitrogens with one attached hydrogen (secondary N) is 1. The van der Waals surface area contributed by atoms with Gasteiger partial charge in [-0.05, 0) is 79.2 Å². The number of halogens is 1. The van der Waals surface area contributed by atoms with Crippen molar-refractivity contribution in [2.75, 3.05) is 20.1 Å². The van der Waals surface area contributed by atoms with Crippen LogP contribution in [0, 0.1) is 3.57 Å². The largest absolute Gasteiger partial charge is 0.339 e. The average molecular weight is 358 g/mol. The van der Waals surface area contributed by atoms with Crippen molar-refractivity contribution in [2.24, 2.45) is 0 Å². The van der Waals surface area contributed by atoms with E-state index >= 15 is 0 Å². The number of nitrogens with zero attached hydrogens (tertiary/aromatic N) is 1. The summed E-state index contributed by atoms with van der Waals surface area (Å²) in [5.74, 6) is 0.137. The molecule has 18 heavy (non-hydrogen) atoms. The molecular formula is C14H19IN2O. The normalized spacial score (nSPS) is 20.2. The number of carbonyl (C=O) groups excluding carboxylic acids is 1. The van der Waals surface area contributed by atoms with Crippen LogP contribution >= 0.6 is 22.6 Å². The molecule has 0 aliphatic carbocycles. The minimum atomic E-state index is 0.137. The van der Waals surface area contributed by atoms with Gasteiger partial charge in [-0.3, -0.25) is 4.79 Å². The molecule has 0 bridgehead atoms. The molecule has 1 amide bonds. The van der Waals surface area contributed by atoms with Crippen molar-refractivity contribution in [3.8, 4) is 0 Å². The maximum absolute atomic E-state index is 12.4. The van der Waals surface area contributed by atoms with Gasteiger partial charge in [0.15, 0.2) is 0 Å². The van der Waals surface area contributed by atoms with Crippen LogP contribution < -0.4 is 5.32 Å². The molecule has 1 aromatic carbocycles. The van der Waals surface area contributed by atoms with Gasteiger partial charge < -0.3 is 10.2 Å². The highest BCUT2D eigenvalue weighted by Gasteiger charge is 2.21. The van der Waals surface area contributed by atoms with Crippen LogP contribution in [-0.2, 0) is 0 Å². The first kappa shape index (κ1) is 13.8. The molecule has 3 nitrogen and oxygen atoms in total. The van der Waals surface area contributed by atoms with Crippen molar-refractivity contribution in [1.29, 1.82) is 0 Å². The van der Waals surface area contributed by atoms with E-state index in [0.717, 1.165) is 41.5 Å². The molecule has 1 N–H and O–H groups in total. The van der Waals surface area contributed by atoms with E-state index in [2.05, 4.69) is 27.9 Å². The second-order valence-corrected chi connectivity index (χ2v) is 6.00. The number of hydrogen-bond donors (Lipinski definition) is 1. The van der Waals surface area contributed by atoms with E-state index in [1.54, 1.807) is 0 Å². The SMILES string of the molecule is CN(C(=O)c1ccc(I)cc1)C1CCCNCC1. The highest BCUT2D eigenvalue weighted by molar-refractivity contribution is 14.1. The van der Waals surface area contributed by atoms with Gasteiger partial charge in [0.1, 0.15) is 0 Å². The summed E-state index contributed by atoms with van der Waals surface area (Å²) in [5.41, 5.74) is 0.787. The highest BCUT2D eigenvalue weighted by Crippen LogP contribution is 2.15. The van der Waals surface area contributed by atoms with Crippen molar-refractivity contribution >= 4 is 28.5 Å². The zero-order chi connectivity index (χ0) is 13.0. The van der Waals surface area contributed by atoms with Crippen molar-refractivity contribution in [3.05, 3.63) is 33.4 Å². The molecule has 0 radical (unpaired) electrons. The molecular weight excluding hydrogens is 339 g/mol. The van der Waals surface area contributed by atoms with Crippen LogP contribution in [0.3, 0.4) is 0 Å². The Morgan fingerprint density at radius 2 is 2.00 bits per heavy atom. The number of rotatable bonds is 2. The topological polar surface area (TPSA) is 32.3 Å². The third-order valence-electron chi connectivity index (χ3n) is 3.50. The molecule has 1 aromatic rings. The van der Waals surface area contributed by atoms with Gasteiger partial charge in [-0.1, -0.05) is 0 Å². The molecule has 1 aliphatic rings. The molecule has 1 heterocycles. The summed E-state index contributed by atoms with van der Waals surface area (Å²) in [7, 11) is 1.93. The summed E-state index contributed by atoms with van der Waals surface area (Å²) < 4.78 is 1.16.